The lowest BCUT2D eigenvalue weighted by molar-refractivity contribution is 0.0697. The number of nitrogens with one attached hydrogen (secondary N) is 1. The zero-order valence-corrected chi connectivity index (χ0v) is 12.7. The molecular formula is C15H20BrNO2. The average Bonchev–Trinajstić information content (AvgIpc) is 2.41. The van der Waals surface area contributed by atoms with E-state index in [4.69, 9.17) is 0 Å². The van der Waals surface area contributed by atoms with Crippen LogP contribution in [0.3, 0.4) is 0 Å². The van der Waals surface area contributed by atoms with Crippen molar-refractivity contribution in [2.75, 3.05) is 5.32 Å². The fourth-order valence-corrected chi connectivity index (χ4v) is 3.27. The van der Waals surface area contributed by atoms with Crippen molar-refractivity contribution in [3.05, 3.63) is 28.2 Å². The van der Waals surface area contributed by atoms with Gasteiger partial charge >= 0.3 is 5.97 Å². The van der Waals surface area contributed by atoms with Crippen LogP contribution in [0.1, 0.15) is 49.4 Å². The second-order valence-corrected chi connectivity index (χ2v) is 6.11. The Labute approximate surface area is 122 Å². The number of aromatic carboxylic acids is 1. The van der Waals surface area contributed by atoms with Crippen LogP contribution in [0.25, 0.3) is 0 Å². The summed E-state index contributed by atoms with van der Waals surface area (Å²) in [5.74, 6) is -0.230. The van der Waals surface area contributed by atoms with Gasteiger partial charge in [0.05, 0.1) is 5.56 Å². The molecule has 1 aliphatic carbocycles. The van der Waals surface area contributed by atoms with Crippen LogP contribution in [0.4, 0.5) is 5.69 Å². The first-order valence-corrected chi connectivity index (χ1v) is 7.70. The van der Waals surface area contributed by atoms with Crippen molar-refractivity contribution in [3.63, 3.8) is 0 Å². The fourth-order valence-electron chi connectivity index (χ4n) is 2.91. The second-order valence-electron chi connectivity index (χ2n) is 5.20. The standard InChI is InChI=1S/C15H20BrNO2/c1-2-10-5-3-4-6-13(10)17-14-8-7-11(16)9-12(14)15(18)19/h7-10,13,17H,2-6H2,1H3,(H,18,19). The minimum atomic E-state index is -0.882. The van der Waals surface area contributed by atoms with Crippen LogP contribution in [-0.2, 0) is 0 Å². The molecule has 0 aromatic heterocycles. The molecule has 2 atom stereocenters. The van der Waals surface area contributed by atoms with Crippen molar-refractivity contribution in [3.8, 4) is 0 Å². The Bertz CT molecular complexity index is 461. The van der Waals surface area contributed by atoms with E-state index < -0.39 is 5.97 Å². The molecule has 0 heterocycles. The molecule has 2 unspecified atom stereocenters. The monoisotopic (exact) mass is 325 g/mol. The number of anilines is 1. The molecule has 1 aliphatic rings. The number of carboxylic acid groups (broad SMARTS) is 1. The van der Waals surface area contributed by atoms with E-state index in [-0.39, 0.29) is 0 Å². The van der Waals surface area contributed by atoms with Gasteiger partial charge in [-0.1, -0.05) is 42.1 Å². The Morgan fingerprint density at radius 3 is 2.84 bits per heavy atom. The molecule has 0 radical (unpaired) electrons. The number of carbonyl (C=O) groups is 1. The Balaban J connectivity index is 2.20. The van der Waals surface area contributed by atoms with E-state index in [1.54, 1.807) is 6.07 Å². The molecule has 1 aromatic carbocycles. The minimum Gasteiger partial charge on any atom is -0.478 e. The topological polar surface area (TPSA) is 49.3 Å². The van der Waals surface area contributed by atoms with E-state index in [9.17, 15) is 9.90 Å². The normalized spacial score (nSPS) is 23.1. The van der Waals surface area contributed by atoms with E-state index in [2.05, 4.69) is 28.2 Å². The summed E-state index contributed by atoms with van der Waals surface area (Å²) in [6, 6.07) is 5.81. The summed E-state index contributed by atoms with van der Waals surface area (Å²) in [5.41, 5.74) is 1.08. The molecule has 0 amide bonds. The quantitative estimate of drug-likeness (QED) is 0.855. The Morgan fingerprint density at radius 2 is 2.16 bits per heavy atom. The van der Waals surface area contributed by atoms with Crippen molar-refractivity contribution < 1.29 is 9.90 Å². The van der Waals surface area contributed by atoms with Gasteiger partial charge in [-0.05, 0) is 37.0 Å². The maximum atomic E-state index is 11.3. The van der Waals surface area contributed by atoms with Crippen LogP contribution < -0.4 is 5.32 Å². The Morgan fingerprint density at radius 1 is 1.42 bits per heavy atom. The summed E-state index contributed by atoms with van der Waals surface area (Å²) < 4.78 is 0.797. The Hall–Kier alpha value is -1.03. The molecule has 1 fully saturated rings. The van der Waals surface area contributed by atoms with Crippen LogP contribution in [0, 0.1) is 5.92 Å². The summed E-state index contributed by atoms with van der Waals surface area (Å²) in [6.07, 6.45) is 6.05. The molecule has 2 N–H and O–H groups in total. The van der Waals surface area contributed by atoms with Crippen molar-refractivity contribution in [2.45, 2.75) is 45.1 Å². The molecule has 0 spiro atoms. The first-order chi connectivity index (χ1) is 9.11. The van der Waals surface area contributed by atoms with Gasteiger partial charge in [0.1, 0.15) is 0 Å². The first-order valence-electron chi connectivity index (χ1n) is 6.91. The maximum Gasteiger partial charge on any atom is 0.337 e. The van der Waals surface area contributed by atoms with Crippen LogP contribution in [0.2, 0.25) is 0 Å². The van der Waals surface area contributed by atoms with Crippen molar-refractivity contribution >= 4 is 27.6 Å². The minimum absolute atomic E-state index is 0.342. The molecule has 4 heteroatoms. The van der Waals surface area contributed by atoms with E-state index in [0.717, 1.165) is 23.0 Å². The third-order valence-electron chi connectivity index (χ3n) is 3.99. The average molecular weight is 326 g/mol. The van der Waals surface area contributed by atoms with Gasteiger partial charge in [0.25, 0.3) is 0 Å². The van der Waals surface area contributed by atoms with Gasteiger partial charge < -0.3 is 10.4 Å². The lowest BCUT2D eigenvalue weighted by Crippen LogP contribution is -2.32. The summed E-state index contributed by atoms with van der Waals surface area (Å²) >= 11 is 3.32. The lowest BCUT2D eigenvalue weighted by Gasteiger charge is -2.32. The number of rotatable bonds is 4. The van der Waals surface area contributed by atoms with Gasteiger partial charge in [-0.2, -0.15) is 0 Å². The Kier molecular flexibility index (Phi) is 4.86. The van der Waals surface area contributed by atoms with Gasteiger partial charge in [0, 0.05) is 16.2 Å². The largest absolute Gasteiger partial charge is 0.478 e. The molecule has 1 saturated carbocycles. The molecule has 19 heavy (non-hydrogen) atoms. The van der Waals surface area contributed by atoms with Gasteiger partial charge in [0.15, 0.2) is 0 Å². The predicted molar refractivity (Wildman–Crippen MR) is 80.8 cm³/mol. The lowest BCUT2D eigenvalue weighted by atomic mass is 9.82. The summed E-state index contributed by atoms with van der Waals surface area (Å²) in [4.78, 5) is 11.3. The van der Waals surface area contributed by atoms with Crippen LogP contribution in [-0.4, -0.2) is 17.1 Å². The van der Waals surface area contributed by atoms with Crippen LogP contribution in [0.5, 0.6) is 0 Å². The summed E-state index contributed by atoms with van der Waals surface area (Å²) in [5, 5.41) is 12.7. The predicted octanol–water partition coefficient (Wildman–Crippen LogP) is 4.53. The molecule has 104 valence electrons. The molecule has 0 aliphatic heterocycles. The first kappa shape index (κ1) is 14.4. The third-order valence-corrected chi connectivity index (χ3v) is 4.48. The van der Waals surface area contributed by atoms with E-state index in [1.165, 1.54) is 19.3 Å². The number of carboxylic acids is 1. The van der Waals surface area contributed by atoms with Gasteiger partial charge in [-0.3, -0.25) is 0 Å². The number of hydrogen-bond acceptors (Lipinski definition) is 2. The number of halogens is 1. The summed E-state index contributed by atoms with van der Waals surface area (Å²) in [7, 11) is 0. The fraction of sp³-hybridized carbons (Fsp3) is 0.533. The second kappa shape index (κ2) is 6.42. The molecule has 2 rings (SSSR count). The molecule has 1 aromatic rings. The van der Waals surface area contributed by atoms with Crippen molar-refractivity contribution in [2.24, 2.45) is 5.92 Å². The van der Waals surface area contributed by atoms with Crippen molar-refractivity contribution in [1.29, 1.82) is 0 Å². The smallest absolute Gasteiger partial charge is 0.337 e. The van der Waals surface area contributed by atoms with Crippen LogP contribution >= 0.6 is 15.9 Å². The highest BCUT2D eigenvalue weighted by Gasteiger charge is 2.24. The summed E-state index contributed by atoms with van der Waals surface area (Å²) in [6.45, 7) is 2.21. The van der Waals surface area contributed by atoms with Crippen molar-refractivity contribution in [1.82, 2.24) is 0 Å². The third kappa shape index (κ3) is 3.50. The maximum absolute atomic E-state index is 11.3. The zero-order chi connectivity index (χ0) is 13.8. The van der Waals surface area contributed by atoms with Gasteiger partial charge in [-0.25, -0.2) is 4.79 Å². The van der Waals surface area contributed by atoms with E-state index in [1.807, 2.05) is 12.1 Å². The molecule has 0 bridgehead atoms. The molecule has 3 nitrogen and oxygen atoms in total. The molecule has 0 saturated heterocycles. The van der Waals surface area contributed by atoms with Crippen LogP contribution in [0.15, 0.2) is 22.7 Å². The van der Waals surface area contributed by atoms with E-state index >= 15 is 0 Å². The highest BCUT2D eigenvalue weighted by Crippen LogP contribution is 2.31. The zero-order valence-electron chi connectivity index (χ0n) is 11.2. The van der Waals surface area contributed by atoms with Gasteiger partial charge in [0.2, 0.25) is 0 Å². The van der Waals surface area contributed by atoms with E-state index in [0.29, 0.717) is 17.5 Å². The molecular weight excluding hydrogens is 306 g/mol. The SMILES string of the molecule is CCC1CCCCC1Nc1ccc(Br)cc1C(=O)O. The number of benzene rings is 1. The van der Waals surface area contributed by atoms with Gasteiger partial charge in [-0.15, -0.1) is 0 Å². The highest BCUT2D eigenvalue weighted by atomic mass is 79.9. The number of hydrogen-bond donors (Lipinski definition) is 2. The highest BCUT2D eigenvalue weighted by molar-refractivity contribution is 9.10.